The molecule has 8 heteroatoms. The molecule has 0 unspecified atom stereocenters. The number of sulfonamides is 1. The summed E-state index contributed by atoms with van der Waals surface area (Å²) in [4.78, 5) is 18.2. The van der Waals surface area contributed by atoms with Crippen molar-refractivity contribution in [2.24, 2.45) is 4.99 Å². The first kappa shape index (κ1) is 25.9. The zero-order chi connectivity index (χ0) is 27.0. The van der Waals surface area contributed by atoms with Crippen LogP contribution in [0.5, 0.6) is 5.88 Å². The van der Waals surface area contributed by atoms with E-state index >= 15 is 0 Å². The third-order valence-electron chi connectivity index (χ3n) is 7.30. The number of aromatic nitrogens is 1. The highest BCUT2D eigenvalue weighted by Crippen LogP contribution is 2.30. The van der Waals surface area contributed by atoms with Gasteiger partial charge in [0, 0.05) is 30.1 Å². The van der Waals surface area contributed by atoms with E-state index in [-0.39, 0.29) is 16.3 Å². The highest BCUT2D eigenvalue weighted by atomic mass is 32.2. The van der Waals surface area contributed by atoms with Gasteiger partial charge in [-0.1, -0.05) is 36.8 Å². The highest BCUT2D eigenvalue weighted by molar-refractivity contribution is 7.89. The Balaban J connectivity index is 1.63. The summed E-state index contributed by atoms with van der Waals surface area (Å²) in [7, 11) is -3.63. The molecule has 0 atom stereocenters. The number of pyridine rings is 1. The minimum Gasteiger partial charge on any atom is -0.494 e. The molecular formula is C30H31N3O4S. The van der Waals surface area contributed by atoms with Crippen LogP contribution in [0.25, 0.3) is 16.5 Å². The molecular weight excluding hydrogens is 498 g/mol. The van der Waals surface area contributed by atoms with E-state index in [1.165, 1.54) is 10.8 Å². The average Bonchev–Trinajstić information content (AvgIpc) is 2.92. The van der Waals surface area contributed by atoms with Crippen molar-refractivity contribution in [2.75, 3.05) is 13.1 Å². The molecule has 1 aliphatic rings. The molecule has 0 amide bonds. The molecule has 1 saturated heterocycles. The summed E-state index contributed by atoms with van der Waals surface area (Å²) in [5, 5.41) is 12.3. The molecule has 1 aliphatic heterocycles. The van der Waals surface area contributed by atoms with E-state index in [9.17, 15) is 18.3 Å². The van der Waals surface area contributed by atoms with Gasteiger partial charge in [0.25, 0.3) is 5.56 Å². The maximum atomic E-state index is 13.4. The van der Waals surface area contributed by atoms with Gasteiger partial charge in [0.15, 0.2) is 0 Å². The van der Waals surface area contributed by atoms with Crippen LogP contribution in [0.1, 0.15) is 41.5 Å². The molecule has 0 radical (unpaired) electrons. The van der Waals surface area contributed by atoms with E-state index in [1.807, 2.05) is 26.0 Å². The second-order valence-corrected chi connectivity index (χ2v) is 11.8. The minimum atomic E-state index is -3.63. The molecule has 0 bridgehead atoms. The molecule has 38 heavy (non-hydrogen) atoms. The molecule has 5 rings (SSSR count). The molecule has 0 aliphatic carbocycles. The van der Waals surface area contributed by atoms with Gasteiger partial charge in [-0.25, -0.2) is 13.0 Å². The lowest BCUT2D eigenvalue weighted by Gasteiger charge is -2.26. The maximum Gasteiger partial charge on any atom is 0.265 e. The third-order valence-corrected chi connectivity index (χ3v) is 9.34. The van der Waals surface area contributed by atoms with Gasteiger partial charge in [-0.05, 0) is 80.6 Å². The standard InChI is InChI=1S/C30H31N3O4S/c1-20-12-14-24(17-22(20)3)33-29(34)26-10-6-5-9-25(26)27(30(33)35)19-31-23-13-11-21(2)28(18-23)38(36,37)32-15-7-4-8-16-32/h5-6,9-14,17-19,35H,4,7-8,15-16H2,1-3H3. The Morgan fingerprint density at radius 2 is 1.53 bits per heavy atom. The van der Waals surface area contributed by atoms with Gasteiger partial charge in [-0.3, -0.25) is 9.79 Å². The van der Waals surface area contributed by atoms with Crippen LogP contribution in [0.2, 0.25) is 0 Å². The van der Waals surface area contributed by atoms with Crippen molar-refractivity contribution in [3.05, 3.63) is 93.3 Å². The third kappa shape index (κ3) is 4.66. The molecule has 196 valence electrons. The SMILES string of the molecule is Cc1ccc(-n2c(O)c(C=Nc3ccc(C)c(S(=O)(=O)N4CCCCC4)c3)c3ccccc3c2=O)cc1C. The summed E-state index contributed by atoms with van der Waals surface area (Å²) in [5.41, 5.74) is 3.78. The van der Waals surface area contributed by atoms with Gasteiger partial charge >= 0.3 is 0 Å². The van der Waals surface area contributed by atoms with Crippen LogP contribution in [0.4, 0.5) is 5.69 Å². The quantitative estimate of drug-likeness (QED) is 0.343. The Morgan fingerprint density at radius 3 is 2.24 bits per heavy atom. The number of aromatic hydroxyl groups is 1. The van der Waals surface area contributed by atoms with Crippen molar-refractivity contribution in [3.8, 4) is 11.6 Å². The highest BCUT2D eigenvalue weighted by Gasteiger charge is 2.27. The zero-order valence-electron chi connectivity index (χ0n) is 21.8. The van der Waals surface area contributed by atoms with Crippen LogP contribution in [-0.2, 0) is 10.0 Å². The van der Waals surface area contributed by atoms with Crippen LogP contribution in [0.3, 0.4) is 0 Å². The van der Waals surface area contributed by atoms with E-state index in [2.05, 4.69) is 4.99 Å². The van der Waals surface area contributed by atoms with Gasteiger partial charge in [0.1, 0.15) is 0 Å². The van der Waals surface area contributed by atoms with E-state index in [0.29, 0.717) is 46.4 Å². The van der Waals surface area contributed by atoms with Crippen LogP contribution >= 0.6 is 0 Å². The minimum absolute atomic E-state index is 0.228. The number of benzene rings is 3. The van der Waals surface area contributed by atoms with Crippen molar-refractivity contribution in [1.82, 2.24) is 8.87 Å². The molecule has 0 spiro atoms. The zero-order valence-corrected chi connectivity index (χ0v) is 22.6. The second-order valence-electron chi connectivity index (χ2n) is 9.86. The lowest BCUT2D eigenvalue weighted by Crippen LogP contribution is -2.35. The van der Waals surface area contributed by atoms with Crippen molar-refractivity contribution >= 4 is 32.7 Å². The Kier molecular flexibility index (Phi) is 6.94. The molecule has 1 aromatic heterocycles. The van der Waals surface area contributed by atoms with Crippen molar-refractivity contribution in [2.45, 2.75) is 44.9 Å². The Bertz CT molecular complexity index is 1730. The molecule has 7 nitrogen and oxygen atoms in total. The number of rotatable bonds is 5. The molecule has 1 N–H and O–H groups in total. The van der Waals surface area contributed by atoms with E-state index in [4.69, 9.17) is 0 Å². The van der Waals surface area contributed by atoms with E-state index in [1.54, 1.807) is 59.8 Å². The lowest BCUT2D eigenvalue weighted by atomic mass is 10.1. The first-order chi connectivity index (χ1) is 18.2. The number of hydrogen-bond acceptors (Lipinski definition) is 5. The number of nitrogens with zero attached hydrogens (tertiary/aromatic N) is 3. The average molecular weight is 530 g/mol. The van der Waals surface area contributed by atoms with Gasteiger partial charge in [-0.2, -0.15) is 4.31 Å². The van der Waals surface area contributed by atoms with Crippen LogP contribution in [-0.4, -0.2) is 41.7 Å². The summed E-state index contributed by atoms with van der Waals surface area (Å²) >= 11 is 0. The van der Waals surface area contributed by atoms with Gasteiger partial charge in [-0.15, -0.1) is 0 Å². The van der Waals surface area contributed by atoms with Gasteiger partial charge in [0.2, 0.25) is 15.9 Å². The normalized spacial score (nSPS) is 14.9. The Hall–Kier alpha value is -3.75. The van der Waals surface area contributed by atoms with E-state index < -0.39 is 10.0 Å². The largest absolute Gasteiger partial charge is 0.494 e. The van der Waals surface area contributed by atoms with Crippen LogP contribution < -0.4 is 5.56 Å². The molecule has 3 aromatic carbocycles. The van der Waals surface area contributed by atoms with Crippen LogP contribution in [0, 0.1) is 20.8 Å². The summed E-state index contributed by atoms with van der Waals surface area (Å²) in [6.45, 7) is 6.77. The smallest absolute Gasteiger partial charge is 0.265 e. The summed E-state index contributed by atoms with van der Waals surface area (Å²) in [6.07, 6.45) is 4.26. The van der Waals surface area contributed by atoms with Crippen LogP contribution in [0.15, 0.2) is 75.3 Å². The molecule has 2 heterocycles. The first-order valence-electron chi connectivity index (χ1n) is 12.8. The predicted molar refractivity (Wildman–Crippen MR) is 152 cm³/mol. The number of piperidine rings is 1. The number of aliphatic imine (C=N–C) groups is 1. The molecule has 0 saturated carbocycles. The topological polar surface area (TPSA) is 92.0 Å². The number of fused-ring (bicyclic) bond motifs is 1. The monoisotopic (exact) mass is 529 g/mol. The van der Waals surface area contributed by atoms with Crippen molar-refractivity contribution in [3.63, 3.8) is 0 Å². The first-order valence-corrected chi connectivity index (χ1v) is 14.2. The summed E-state index contributed by atoms with van der Waals surface area (Å²) in [6, 6.07) is 17.7. The van der Waals surface area contributed by atoms with Crippen molar-refractivity contribution in [1.29, 1.82) is 0 Å². The number of hydrogen-bond donors (Lipinski definition) is 1. The van der Waals surface area contributed by atoms with E-state index in [0.717, 1.165) is 30.4 Å². The fraction of sp³-hybridized carbons (Fsp3) is 0.267. The fourth-order valence-electron chi connectivity index (χ4n) is 4.92. The van der Waals surface area contributed by atoms with Gasteiger partial charge < -0.3 is 5.11 Å². The second kappa shape index (κ2) is 10.2. The Morgan fingerprint density at radius 1 is 0.842 bits per heavy atom. The Labute approximate surface area is 222 Å². The van der Waals surface area contributed by atoms with Gasteiger partial charge in [0.05, 0.1) is 21.8 Å². The summed E-state index contributed by atoms with van der Waals surface area (Å²) < 4.78 is 29.5. The molecule has 1 fully saturated rings. The number of aryl methyl sites for hydroxylation is 3. The summed E-state index contributed by atoms with van der Waals surface area (Å²) in [5.74, 6) is -0.228. The van der Waals surface area contributed by atoms with Crippen molar-refractivity contribution < 1.29 is 13.5 Å². The lowest BCUT2D eigenvalue weighted by molar-refractivity contribution is 0.346. The maximum absolute atomic E-state index is 13.4. The predicted octanol–water partition coefficient (Wildman–Crippen LogP) is 5.55. The fourth-order valence-corrected chi connectivity index (χ4v) is 6.69. The molecule has 4 aromatic rings.